The van der Waals surface area contributed by atoms with Crippen molar-refractivity contribution in [2.45, 2.75) is 25.7 Å². The predicted octanol–water partition coefficient (Wildman–Crippen LogP) is 3.01. The molecule has 2 aromatic carbocycles. The van der Waals surface area contributed by atoms with E-state index < -0.39 is 9.84 Å². The van der Waals surface area contributed by atoms with E-state index in [4.69, 9.17) is 4.74 Å². The third-order valence-corrected chi connectivity index (χ3v) is 6.19. The fraction of sp³-hybridized carbons (Fsp3) is 0.435. The molecule has 164 valence electrons. The van der Waals surface area contributed by atoms with Gasteiger partial charge in [-0.3, -0.25) is 4.99 Å². The van der Waals surface area contributed by atoms with E-state index in [-0.39, 0.29) is 11.5 Å². The summed E-state index contributed by atoms with van der Waals surface area (Å²) in [6, 6.07) is 19.4. The van der Waals surface area contributed by atoms with Crippen LogP contribution in [0.5, 0.6) is 0 Å². The second-order valence-corrected chi connectivity index (χ2v) is 9.60. The first-order valence-electron chi connectivity index (χ1n) is 10.3. The van der Waals surface area contributed by atoms with Gasteiger partial charge in [0.15, 0.2) is 15.8 Å². The fourth-order valence-corrected chi connectivity index (χ4v) is 4.33. The number of rotatable bonds is 12. The number of hydrogen-bond donors (Lipinski definition) is 2. The highest BCUT2D eigenvalue weighted by atomic mass is 32.2. The Morgan fingerprint density at radius 1 is 1.00 bits per heavy atom. The molecule has 0 aliphatic rings. The van der Waals surface area contributed by atoms with Crippen LogP contribution in [0.3, 0.4) is 0 Å². The van der Waals surface area contributed by atoms with Crippen LogP contribution in [-0.2, 0) is 26.9 Å². The van der Waals surface area contributed by atoms with Crippen molar-refractivity contribution in [2.24, 2.45) is 10.9 Å². The number of benzene rings is 2. The topological polar surface area (TPSA) is 79.8 Å². The quantitative estimate of drug-likeness (QED) is 0.307. The van der Waals surface area contributed by atoms with Crippen molar-refractivity contribution in [1.82, 2.24) is 10.6 Å². The lowest BCUT2D eigenvalue weighted by atomic mass is 10.2. The van der Waals surface area contributed by atoms with E-state index in [1.165, 1.54) is 0 Å². The van der Waals surface area contributed by atoms with Crippen molar-refractivity contribution < 1.29 is 13.2 Å². The summed E-state index contributed by atoms with van der Waals surface area (Å²) in [7, 11) is -1.41. The normalized spacial score (nSPS) is 13.1. The second kappa shape index (κ2) is 13.0. The Morgan fingerprint density at radius 3 is 2.27 bits per heavy atom. The Balaban J connectivity index is 1.60. The van der Waals surface area contributed by atoms with Gasteiger partial charge in [-0.05, 0) is 23.5 Å². The van der Waals surface area contributed by atoms with Crippen LogP contribution in [0.1, 0.15) is 24.5 Å². The van der Waals surface area contributed by atoms with E-state index in [0.29, 0.717) is 38.1 Å². The Bertz CT molecular complexity index is 856. The van der Waals surface area contributed by atoms with Gasteiger partial charge in [0, 0.05) is 20.1 Å². The van der Waals surface area contributed by atoms with E-state index >= 15 is 0 Å². The number of sulfone groups is 1. The lowest BCUT2D eigenvalue weighted by Gasteiger charge is -2.16. The molecule has 0 spiro atoms. The van der Waals surface area contributed by atoms with Crippen LogP contribution >= 0.6 is 0 Å². The van der Waals surface area contributed by atoms with E-state index in [2.05, 4.69) is 34.7 Å². The second-order valence-electron chi connectivity index (χ2n) is 7.42. The number of guanidine groups is 1. The van der Waals surface area contributed by atoms with Crippen LogP contribution in [0.25, 0.3) is 0 Å². The first kappa shape index (κ1) is 23.9. The minimum atomic E-state index is -3.12. The van der Waals surface area contributed by atoms with Crippen molar-refractivity contribution in [3.8, 4) is 0 Å². The van der Waals surface area contributed by atoms with Crippen LogP contribution in [0.4, 0.5) is 0 Å². The minimum absolute atomic E-state index is 0.0846. The molecule has 7 heteroatoms. The minimum Gasteiger partial charge on any atom is -0.376 e. The molecule has 6 nitrogen and oxygen atoms in total. The summed E-state index contributed by atoms with van der Waals surface area (Å²) in [6.07, 6.45) is 0.533. The lowest BCUT2D eigenvalue weighted by molar-refractivity contribution is 0.0931. The van der Waals surface area contributed by atoms with Crippen LogP contribution in [0.15, 0.2) is 65.7 Å². The molecule has 0 aliphatic heterocycles. The molecule has 0 aromatic heterocycles. The summed E-state index contributed by atoms with van der Waals surface area (Å²) in [6.45, 7) is 4.64. The van der Waals surface area contributed by atoms with Crippen LogP contribution in [0.2, 0.25) is 0 Å². The number of nitrogens with zero attached hydrogens (tertiary/aromatic N) is 1. The molecular formula is C23H33N3O3S. The summed E-state index contributed by atoms with van der Waals surface area (Å²) in [4.78, 5) is 4.19. The third kappa shape index (κ3) is 9.89. The Kier molecular flexibility index (Phi) is 10.4. The van der Waals surface area contributed by atoms with Crippen LogP contribution < -0.4 is 10.6 Å². The molecule has 2 aromatic rings. The number of aliphatic imine (C=N–C) groups is 1. The molecule has 0 saturated carbocycles. The maximum atomic E-state index is 12.2. The molecule has 30 heavy (non-hydrogen) atoms. The highest BCUT2D eigenvalue weighted by Crippen LogP contribution is 2.07. The average Bonchev–Trinajstić information content (AvgIpc) is 2.74. The summed E-state index contributed by atoms with van der Waals surface area (Å²) in [5.41, 5.74) is 1.99. The van der Waals surface area contributed by atoms with Crippen molar-refractivity contribution in [3.05, 3.63) is 71.8 Å². The fourth-order valence-electron chi connectivity index (χ4n) is 2.90. The smallest absolute Gasteiger partial charge is 0.190 e. The van der Waals surface area contributed by atoms with Gasteiger partial charge in [0.1, 0.15) is 0 Å². The van der Waals surface area contributed by atoms with Crippen molar-refractivity contribution in [2.75, 3.05) is 32.5 Å². The van der Waals surface area contributed by atoms with Gasteiger partial charge in [-0.25, -0.2) is 8.42 Å². The van der Waals surface area contributed by atoms with Crippen molar-refractivity contribution in [3.63, 3.8) is 0 Å². The Labute approximate surface area is 180 Å². The molecule has 0 aliphatic carbocycles. The van der Waals surface area contributed by atoms with Crippen LogP contribution in [0, 0.1) is 5.92 Å². The van der Waals surface area contributed by atoms with Gasteiger partial charge in [-0.1, -0.05) is 67.6 Å². The lowest BCUT2D eigenvalue weighted by Crippen LogP contribution is -2.40. The highest BCUT2D eigenvalue weighted by Gasteiger charge is 2.12. The molecular weight excluding hydrogens is 398 g/mol. The summed E-state index contributed by atoms with van der Waals surface area (Å²) in [5.74, 6) is 1.22. The molecule has 1 unspecified atom stereocenters. The zero-order chi connectivity index (χ0) is 21.7. The van der Waals surface area contributed by atoms with Gasteiger partial charge < -0.3 is 15.4 Å². The van der Waals surface area contributed by atoms with Gasteiger partial charge >= 0.3 is 0 Å². The predicted molar refractivity (Wildman–Crippen MR) is 123 cm³/mol. The standard InChI is InChI=1S/C23H33N3O3S/c1-20(17-29-18-21-10-5-3-6-11-21)16-26-23(24-2)25-14-9-15-30(27,28)19-22-12-7-4-8-13-22/h3-8,10-13,20H,9,14-19H2,1-2H3,(H2,24,25,26). The summed E-state index contributed by atoms with van der Waals surface area (Å²) >= 11 is 0. The molecule has 2 N–H and O–H groups in total. The summed E-state index contributed by atoms with van der Waals surface area (Å²) in [5, 5.41) is 6.44. The molecule has 0 fully saturated rings. The molecule has 1 atom stereocenters. The van der Waals surface area contributed by atoms with Gasteiger partial charge in [0.2, 0.25) is 0 Å². The molecule has 0 heterocycles. The summed E-state index contributed by atoms with van der Waals surface area (Å²) < 4.78 is 30.3. The van der Waals surface area contributed by atoms with Gasteiger partial charge in [-0.2, -0.15) is 0 Å². The highest BCUT2D eigenvalue weighted by molar-refractivity contribution is 7.90. The molecule has 0 radical (unpaired) electrons. The zero-order valence-electron chi connectivity index (χ0n) is 17.9. The molecule has 0 bridgehead atoms. The van der Waals surface area contributed by atoms with E-state index in [1.54, 1.807) is 7.05 Å². The molecule has 0 amide bonds. The maximum absolute atomic E-state index is 12.2. The van der Waals surface area contributed by atoms with Gasteiger partial charge in [-0.15, -0.1) is 0 Å². The number of ether oxygens (including phenoxy) is 1. The Morgan fingerprint density at radius 2 is 1.63 bits per heavy atom. The van der Waals surface area contributed by atoms with E-state index in [1.807, 2.05) is 48.5 Å². The van der Waals surface area contributed by atoms with Gasteiger partial charge in [0.05, 0.1) is 24.7 Å². The zero-order valence-corrected chi connectivity index (χ0v) is 18.7. The third-order valence-electron chi connectivity index (χ3n) is 4.51. The largest absolute Gasteiger partial charge is 0.376 e. The van der Waals surface area contributed by atoms with Crippen molar-refractivity contribution in [1.29, 1.82) is 0 Å². The first-order chi connectivity index (χ1) is 14.5. The van der Waals surface area contributed by atoms with Crippen LogP contribution in [-0.4, -0.2) is 46.9 Å². The molecule has 0 saturated heterocycles. The average molecular weight is 432 g/mol. The first-order valence-corrected chi connectivity index (χ1v) is 12.1. The molecule has 2 rings (SSSR count). The monoisotopic (exact) mass is 431 g/mol. The Hall–Kier alpha value is -2.38. The number of hydrogen-bond acceptors (Lipinski definition) is 4. The van der Waals surface area contributed by atoms with Crippen molar-refractivity contribution >= 4 is 15.8 Å². The van der Waals surface area contributed by atoms with E-state index in [9.17, 15) is 8.42 Å². The van der Waals surface area contributed by atoms with E-state index in [0.717, 1.165) is 17.7 Å². The number of nitrogens with one attached hydrogen (secondary N) is 2. The van der Waals surface area contributed by atoms with Gasteiger partial charge in [0.25, 0.3) is 0 Å². The SMILES string of the molecule is CN=C(NCCCS(=O)(=O)Cc1ccccc1)NCC(C)COCc1ccccc1. The maximum Gasteiger partial charge on any atom is 0.190 e.